The van der Waals surface area contributed by atoms with E-state index in [4.69, 9.17) is 23.8 Å². The standard InChI is InChI=1S/C9H5ClN4S/c10-4-1-2-5-6(3-4)11-8-7(5)13-14-9(15)12-8/h1-3,5H,(H,12,14,15). The second kappa shape index (κ2) is 3.08. The Kier molecular flexibility index (Phi) is 1.83. The van der Waals surface area contributed by atoms with Crippen molar-refractivity contribution in [2.45, 2.75) is 5.92 Å². The number of H-pyrrole nitrogens is 1. The van der Waals surface area contributed by atoms with Crippen LogP contribution >= 0.6 is 23.8 Å². The summed E-state index contributed by atoms with van der Waals surface area (Å²) in [6.45, 7) is 0. The molecular weight excluding hydrogens is 232 g/mol. The number of nitrogens with one attached hydrogen (secondary N) is 1. The Labute approximate surface area is 95.4 Å². The van der Waals surface area contributed by atoms with Gasteiger partial charge in [0.05, 0.1) is 11.6 Å². The van der Waals surface area contributed by atoms with Crippen molar-refractivity contribution in [1.82, 2.24) is 15.2 Å². The monoisotopic (exact) mass is 236 g/mol. The normalized spacial score (nSPS) is 21.8. The lowest BCUT2D eigenvalue weighted by atomic mass is 9.97. The van der Waals surface area contributed by atoms with Crippen LogP contribution in [0.1, 0.15) is 11.6 Å². The van der Waals surface area contributed by atoms with Gasteiger partial charge in [0, 0.05) is 5.03 Å². The molecule has 1 atom stereocenters. The van der Waals surface area contributed by atoms with Crippen LogP contribution in [0.2, 0.25) is 0 Å². The number of allylic oxidation sites excluding steroid dienone is 4. The van der Waals surface area contributed by atoms with E-state index in [-0.39, 0.29) is 5.92 Å². The summed E-state index contributed by atoms with van der Waals surface area (Å²) in [4.78, 5) is 8.44. The van der Waals surface area contributed by atoms with Crippen molar-refractivity contribution in [3.63, 3.8) is 0 Å². The Bertz CT molecular complexity index is 584. The minimum absolute atomic E-state index is 0.0573. The van der Waals surface area contributed by atoms with E-state index in [9.17, 15) is 0 Å². The number of hydrogen-bond acceptors (Lipinski definition) is 4. The number of aliphatic imine (C=N–C) groups is 1. The predicted molar refractivity (Wildman–Crippen MR) is 60.1 cm³/mol. The number of rotatable bonds is 0. The topological polar surface area (TPSA) is 53.9 Å². The van der Waals surface area contributed by atoms with Crippen molar-refractivity contribution in [2.24, 2.45) is 4.99 Å². The Balaban J connectivity index is 2.20. The van der Waals surface area contributed by atoms with E-state index in [1.165, 1.54) is 0 Å². The first-order chi connectivity index (χ1) is 7.24. The zero-order valence-corrected chi connectivity index (χ0v) is 9.01. The number of halogens is 1. The molecular formula is C9H5ClN4S. The highest BCUT2D eigenvalue weighted by Gasteiger charge is 2.28. The number of aromatic nitrogens is 3. The summed E-state index contributed by atoms with van der Waals surface area (Å²) in [5, 5.41) is 7.47. The quantitative estimate of drug-likeness (QED) is 0.704. The van der Waals surface area contributed by atoms with Gasteiger partial charge in [-0.2, -0.15) is 10.1 Å². The molecule has 15 heavy (non-hydrogen) atoms. The molecule has 1 N–H and O–H groups in total. The molecule has 6 heteroatoms. The summed E-state index contributed by atoms with van der Waals surface area (Å²) >= 11 is 10.8. The van der Waals surface area contributed by atoms with Gasteiger partial charge in [-0.3, -0.25) is 5.10 Å². The lowest BCUT2D eigenvalue weighted by molar-refractivity contribution is 0.883. The summed E-state index contributed by atoms with van der Waals surface area (Å²) < 4.78 is 0.343. The van der Waals surface area contributed by atoms with Gasteiger partial charge in [-0.1, -0.05) is 17.7 Å². The van der Waals surface area contributed by atoms with Gasteiger partial charge in [0.2, 0.25) is 4.77 Å². The maximum absolute atomic E-state index is 5.88. The molecule has 4 nitrogen and oxygen atoms in total. The van der Waals surface area contributed by atoms with Crippen LogP contribution in [0, 0.1) is 4.77 Å². The summed E-state index contributed by atoms with van der Waals surface area (Å²) in [6.07, 6.45) is 5.61. The van der Waals surface area contributed by atoms with E-state index >= 15 is 0 Å². The first kappa shape index (κ1) is 8.94. The van der Waals surface area contributed by atoms with E-state index in [0.29, 0.717) is 15.6 Å². The van der Waals surface area contributed by atoms with Crippen LogP contribution in [0.15, 0.2) is 28.3 Å². The minimum Gasteiger partial charge on any atom is -0.252 e. The molecule has 1 aliphatic carbocycles. The predicted octanol–water partition coefficient (Wildman–Crippen LogP) is 2.40. The van der Waals surface area contributed by atoms with Crippen molar-refractivity contribution in [3.05, 3.63) is 33.7 Å². The minimum atomic E-state index is 0.0573. The van der Waals surface area contributed by atoms with Crippen molar-refractivity contribution >= 4 is 35.3 Å². The fourth-order valence-corrected chi connectivity index (χ4v) is 1.97. The van der Waals surface area contributed by atoms with Crippen LogP contribution in [-0.2, 0) is 0 Å². The molecule has 0 saturated carbocycles. The molecule has 1 aliphatic heterocycles. The Morgan fingerprint density at radius 2 is 2.33 bits per heavy atom. The molecule has 1 unspecified atom stereocenters. The molecule has 0 spiro atoms. The highest BCUT2D eigenvalue weighted by Crippen LogP contribution is 2.35. The Hall–Kier alpha value is -1.33. The van der Waals surface area contributed by atoms with Gasteiger partial charge in [-0.05, 0) is 24.4 Å². The molecule has 0 radical (unpaired) electrons. The van der Waals surface area contributed by atoms with Crippen molar-refractivity contribution in [2.75, 3.05) is 0 Å². The molecule has 74 valence electrons. The van der Waals surface area contributed by atoms with E-state index < -0.39 is 0 Å². The molecule has 1 aromatic heterocycles. The third kappa shape index (κ3) is 1.35. The lowest BCUT2D eigenvalue weighted by Gasteiger charge is -2.09. The fraction of sp³-hybridized carbons (Fsp3) is 0.111. The van der Waals surface area contributed by atoms with Gasteiger partial charge >= 0.3 is 0 Å². The van der Waals surface area contributed by atoms with Crippen LogP contribution < -0.4 is 0 Å². The first-order valence-electron chi connectivity index (χ1n) is 4.34. The second-order valence-electron chi connectivity index (χ2n) is 3.25. The van der Waals surface area contributed by atoms with Crippen LogP contribution in [0.4, 0.5) is 5.82 Å². The highest BCUT2D eigenvalue weighted by atomic mass is 35.5. The SMILES string of the molecule is S=c1nc2c(n[nH]1)C1C=CC(Cl)=CC1=N2. The molecule has 2 heterocycles. The number of nitrogens with zero attached hydrogens (tertiary/aromatic N) is 3. The fourth-order valence-electron chi connectivity index (χ4n) is 1.65. The average molecular weight is 237 g/mol. The van der Waals surface area contributed by atoms with Gasteiger partial charge < -0.3 is 0 Å². The third-order valence-electron chi connectivity index (χ3n) is 2.29. The Morgan fingerprint density at radius 3 is 3.20 bits per heavy atom. The van der Waals surface area contributed by atoms with Gasteiger partial charge in [-0.25, -0.2) is 4.99 Å². The van der Waals surface area contributed by atoms with E-state index in [0.717, 1.165) is 11.4 Å². The third-order valence-corrected chi connectivity index (χ3v) is 2.71. The zero-order valence-electron chi connectivity index (χ0n) is 7.44. The maximum atomic E-state index is 5.88. The van der Waals surface area contributed by atoms with Crippen LogP contribution in [0.25, 0.3) is 0 Å². The number of aromatic amines is 1. The van der Waals surface area contributed by atoms with Crippen LogP contribution in [-0.4, -0.2) is 20.9 Å². The molecule has 0 saturated heterocycles. The number of hydrogen-bond donors (Lipinski definition) is 1. The molecule has 0 bridgehead atoms. The smallest absolute Gasteiger partial charge is 0.215 e. The van der Waals surface area contributed by atoms with Gasteiger partial charge in [0.25, 0.3) is 0 Å². The van der Waals surface area contributed by atoms with Gasteiger partial charge in [0.1, 0.15) is 5.69 Å². The van der Waals surface area contributed by atoms with Crippen LogP contribution in [0.3, 0.4) is 0 Å². The lowest BCUT2D eigenvalue weighted by Crippen LogP contribution is -2.08. The number of fused-ring (bicyclic) bond motifs is 3. The molecule has 0 amide bonds. The highest BCUT2D eigenvalue weighted by molar-refractivity contribution is 7.71. The summed E-state index contributed by atoms with van der Waals surface area (Å²) in [5.74, 6) is 0.646. The van der Waals surface area contributed by atoms with Crippen molar-refractivity contribution < 1.29 is 0 Å². The van der Waals surface area contributed by atoms with Crippen LogP contribution in [0.5, 0.6) is 0 Å². The molecule has 0 fully saturated rings. The summed E-state index contributed by atoms with van der Waals surface area (Å²) in [5.41, 5.74) is 1.67. The molecule has 1 aromatic rings. The van der Waals surface area contributed by atoms with E-state index in [1.54, 1.807) is 0 Å². The maximum Gasteiger partial charge on any atom is 0.215 e. The van der Waals surface area contributed by atoms with Gasteiger partial charge in [0.15, 0.2) is 5.82 Å². The summed E-state index contributed by atoms with van der Waals surface area (Å²) in [6, 6.07) is 0. The molecule has 3 rings (SSSR count). The van der Waals surface area contributed by atoms with E-state index in [2.05, 4.69) is 20.2 Å². The average Bonchev–Trinajstić information content (AvgIpc) is 2.53. The van der Waals surface area contributed by atoms with Crippen molar-refractivity contribution in [3.8, 4) is 0 Å². The second-order valence-corrected chi connectivity index (χ2v) is 4.08. The summed E-state index contributed by atoms with van der Waals surface area (Å²) in [7, 11) is 0. The largest absolute Gasteiger partial charge is 0.252 e. The Morgan fingerprint density at radius 1 is 1.47 bits per heavy atom. The van der Waals surface area contributed by atoms with E-state index in [1.807, 2.05) is 18.2 Å². The zero-order chi connectivity index (χ0) is 10.4. The first-order valence-corrected chi connectivity index (χ1v) is 5.13. The van der Waals surface area contributed by atoms with Crippen molar-refractivity contribution in [1.29, 1.82) is 0 Å². The molecule has 0 aromatic carbocycles. The molecule has 2 aliphatic rings. The van der Waals surface area contributed by atoms with Gasteiger partial charge in [-0.15, -0.1) is 0 Å².